The molecule has 0 saturated carbocycles. The number of imidazole rings is 1. The number of piperidine rings is 1. The van der Waals surface area contributed by atoms with Crippen LogP contribution in [-0.2, 0) is 16.6 Å². The number of nitrogens with zero attached hydrogens (tertiary/aromatic N) is 5. The lowest BCUT2D eigenvalue weighted by molar-refractivity contribution is -0.137. The van der Waals surface area contributed by atoms with Gasteiger partial charge < -0.3 is 19.7 Å². The van der Waals surface area contributed by atoms with E-state index in [1.807, 2.05) is 28.1 Å². The van der Waals surface area contributed by atoms with Crippen molar-refractivity contribution in [2.45, 2.75) is 31.3 Å². The second kappa shape index (κ2) is 7.30. The van der Waals surface area contributed by atoms with Crippen LogP contribution in [0.15, 0.2) is 24.0 Å². The van der Waals surface area contributed by atoms with E-state index < -0.39 is 0 Å². The molecule has 2 aromatic heterocycles. The number of rotatable bonds is 4. The Kier molecular flexibility index (Phi) is 4.86. The zero-order chi connectivity index (χ0) is 19.0. The molecule has 1 N–H and O–H groups in total. The second-order valence-electron chi connectivity index (χ2n) is 7.24. The van der Waals surface area contributed by atoms with Crippen molar-refractivity contribution in [3.63, 3.8) is 0 Å². The first-order chi connectivity index (χ1) is 13.0. The fourth-order valence-electron chi connectivity index (χ4n) is 4.05. The normalized spacial score (nSPS) is 23.9. The first kappa shape index (κ1) is 18.0. The first-order valence-corrected chi connectivity index (χ1v) is 10.1. The summed E-state index contributed by atoms with van der Waals surface area (Å²) in [7, 11) is 3.66. The minimum absolute atomic E-state index is 0.00155. The van der Waals surface area contributed by atoms with Crippen molar-refractivity contribution in [1.29, 1.82) is 0 Å². The molecule has 8 nitrogen and oxygen atoms in total. The van der Waals surface area contributed by atoms with Gasteiger partial charge in [0.25, 0.3) is 0 Å². The topological polar surface area (TPSA) is 83.4 Å². The van der Waals surface area contributed by atoms with Gasteiger partial charge in [-0.05, 0) is 12.8 Å². The predicted octanol–water partition coefficient (Wildman–Crippen LogP) is 1.50. The third-order valence-corrected chi connectivity index (χ3v) is 6.30. The van der Waals surface area contributed by atoms with Gasteiger partial charge in [0.2, 0.25) is 11.8 Å². The van der Waals surface area contributed by atoms with Gasteiger partial charge in [-0.15, -0.1) is 11.3 Å². The molecule has 4 rings (SSSR count). The zero-order valence-corrected chi connectivity index (χ0v) is 16.4. The Labute approximate surface area is 162 Å². The van der Waals surface area contributed by atoms with Gasteiger partial charge >= 0.3 is 0 Å². The van der Waals surface area contributed by atoms with Crippen LogP contribution >= 0.6 is 11.3 Å². The van der Waals surface area contributed by atoms with Crippen molar-refractivity contribution < 1.29 is 9.59 Å². The summed E-state index contributed by atoms with van der Waals surface area (Å²) in [4.78, 5) is 37.8. The van der Waals surface area contributed by atoms with Crippen LogP contribution < -0.4 is 5.32 Å². The Morgan fingerprint density at radius 1 is 1.22 bits per heavy atom. The van der Waals surface area contributed by atoms with Crippen LogP contribution in [0.5, 0.6) is 0 Å². The van der Waals surface area contributed by atoms with E-state index in [2.05, 4.69) is 15.3 Å². The number of aromatic nitrogens is 3. The Balaban J connectivity index is 1.43. The van der Waals surface area contributed by atoms with Crippen molar-refractivity contribution in [3.05, 3.63) is 29.8 Å². The van der Waals surface area contributed by atoms with E-state index in [4.69, 9.17) is 0 Å². The smallest absolute Gasteiger partial charge is 0.228 e. The highest BCUT2D eigenvalue weighted by atomic mass is 32.1. The molecule has 2 aromatic rings. The first-order valence-electron chi connectivity index (χ1n) is 9.22. The molecule has 0 spiro atoms. The lowest BCUT2D eigenvalue weighted by Crippen LogP contribution is -2.46. The molecule has 2 aliphatic heterocycles. The van der Waals surface area contributed by atoms with Gasteiger partial charge in [0, 0.05) is 63.6 Å². The number of hydrogen-bond donors (Lipinski definition) is 1. The Morgan fingerprint density at radius 3 is 2.63 bits per heavy atom. The minimum Gasteiger partial charge on any atom is -0.359 e. The molecule has 9 heteroatoms. The van der Waals surface area contributed by atoms with E-state index in [1.165, 1.54) is 0 Å². The summed E-state index contributed by atoms with van der Waals surface area (Å²) in [5, 5.41) is 6.32. The molecule has 27 heavy (non-hydrogen) atoms. The molecule has 2 aliphatic rings. The van der Waals surface area contributed by atoms with Crippen molar-refractivity contribution in [2.24, 2.45) is 13.0 Å². The number of likely N-dealkylation sites (tertiary alicyclic amines) is 2. The standard InChI is InChI=1S/C18H24N6O2S/c1-22-9-5-19-16(22)15-13(11-14(25)23(15)2)17(26)24-7-3-12(4-8-24)21-18-20-6-10-27-18/h5-6,9-10,12-13,15H,3-4,7-8,11H2,1-2H3,(H,20,21)/t13-,15-/m0/s1. The molecule has 0 aliphatic carbocycles. The maximum Gasteiger partial charge on any atom is 0.228 e. The monoisotopic (exact) mass is 388 g/mol. The van der Waals surface area contributed by atoms with Gasteiger partial charge in [-0.25, -0.2) is 9.97 Å². The summed E-state index contributed by atoms with van der Waals surface area (Å²) in [6.07, 6.45) is 7.37. The van der Waals surface area contributed by atoms with Crippen LogP contribution in [0.2, 0.25) is 0 Å². The van der Waals surface area contributed by atoms with Gasteiger partial charge in [-0.1, -0.05) is 0 Å². The highest BCUT2D eigenvalue weighted by Gasteiger charge is 2.46. The lowest BCUT2D eigenvalue weighted by atomic mass is 9.95. The predicted molar refractivity (Wildman–Crippen MR) is 102 cm³/mol. The Morgan fingerprint density at radius 2 is 2.00 bits per heavy atom. The van der Waals surface area contributed by atoms with Crippen LogP contribution in [0.1, 0.15) is 31.1 Å². The van der Waals surface area contributed by atoms with Gasteiger partial charge in [0.05, 0.1) is 5.92 Å². The molecule has 2 saturated heterocycles. The van der Waals surface area contributed by atoms with E-state index in [-0.39, 0.29) is 30.2 Å². The van der Waals surface area contributed by atoms with Crippen LogP contribution in [0.25, 0.3) is 0 Å². The zero-order valence-electron chi connectivity index (χ0n) is 15.5. The summed E-state index contributed by atoms with van der Waals surface area (Å²) in [6.45, 7) is 1.40. The number of carbonyl (C=O) groups excluding carboxylic acids is 2. The number of carbonyl (C=O) groups is 2. The summed E-state index contributed by atoms with van der Waals surface area (Å²) in [5.74, 6) is 0.462. The highest BCUT2D eigenvalue weighted by molar-refractivity contribution is 7.13. The van der Waals surface area contributed by atoms with Gasteiger partial charge in [-0.2, -0.15) is 0 Å². The number of amides is 2. The number of hydrogen-bond acceptors (Lipinski definition) is 6. The number of anilines is 1. The van der Waals surface area contributed by atoms with E-state index in [0.29, 0.717) is 19.1 Å². The number of nitrogens with one attached hydrogen (secondary N) is 1. The lowest BCUT2D eigenvalue weighted by Gasteiger charge is -2.35. The molecule has 4 heterocycles. The third-order valence-electron chi connectivity index (χ3n) is 5.59. The molecule has 2 amide bonds. The average molecular weight is 388 g/mol. The fraction of sp³-hybridized carbons (Fsp3) is 0.556. The molecule has 0 unspecified atom stereocenters. The van der Waals surface area contributed by atoms with Gasteiger partial charge in [0.15, 0.2) is 5.13 Å². The third kappa shape index (κ3) is 3.43. The largest absolute Gasteiger partial charge is 0.359 e. The van der Waals surface area contributed by atoms with Crippen LogP contribution in [0.4, 0.5) is 5.13 Å². The molecule has 2 atom stereocenters. The molecular formula is C18H24N6O2S. The molecule has 0 bridgehead atoms. The van der Waals surface area contributed by atoms with Crippen LogP contribution in [-0.4, -0.2) is 62.3 Å². The quantitative estimate of drug-likeness (QED) is 0.858. The van der Waals surface area contributed by atoms with Crippen molar-refractivity contribution in [2.75, 3.05) is 25.5 Å². The van der Waals surface area contributed by atoms with E-state index >= 15 is 0 Å². The molecule has 144 valence electrons. The molecule has 0 aromatic carbocycles. The minimum atomic E-state index is -0.368. The van der Waals surface area contributed by atoms with Crippen molar-refractivity contribution in [1.82, 2.24) is 24.3 Å². The summed E-state index contributed by atoms with van der Waals surface area (Å²) < 4.78 is 1.89. The fourth-order valence-corrected chi connectivity index (χ4v) is 4.66. The van der Waals surface area contributed by atoms with Gasteiger partial charge in [0.1, 0.15) is 11.9 Å². The second-order valence-corrected chi connectivity index (χ2v) is 8.13. The summed E-state index contributed by atoms with van der Waals surface area (Å²) >= 11 is 1.59. The molecule has 2 fully saturated rings. The van der Waals surface area contributed by atoms with Crippen molar-refractivity contribution in [3.8, 4) is 0 Å². The van der Waals surface area contributed by atoms with E-state index in [9.17, 15) is 9.59 Å². The summed E-state index contributed by atoms with van der Waals surface area (Å²) in [6, 6.07) is 0.0367. The van der Waals surface area contributed by atoms with Crippen LogP contribution in [0, 0.1) is 5.92 Å². The van der Waals surface area contributed by atoms with E-state index in [0.717, 1.165) is 23.8 Å². The van der Waals surface area contributed by atoms with Gasteiger partial charge in [-0.3, -0.25) is 9.59 Å². The van der Waals surface area contributed by atoms with Crippen molar-refractivity contribution >= 4 is 28.3 Å². The maximum atomic E-state index is 13.2. The SMILES string of the molecule is CN1C(=O)C[C@H](C(=O)N2CCC(Nc3nccs3)CC2)[C@H]1c1nccn1C. The average Bonchev–Trinajstić information content (AvgIpc) is 3.38. The summed E-state index contributed by atoms with van der Waals surface area (Å²) in [5.41, 5.74) is 0. The van der Waals surface area contributed by atoms with E-state index in [1.54, 1.807) is 35.7 Å². The Hall–Kier alpha value is -2.42. The maximum absolute atomic E-state index is 13.2. The molecular weight excluding hydrogens is 364 g/mol. The highest BCUT2D eigenvalue weighted by Crippen LogP contribution is 2.37. The Bertz CT molecular complexity index is 812. The number of thiazole rings is 1. The van der Waals surface area contributed by atoms with Crippen LogP contribution in [0.3, 0.4) is 0 Å². The number of aryl methyl sites for hydroxylation is 1. The molecule has 0 radical (unpaired) electrons.